The van der Waals surface area contributed by atoms with E-state index in [1.165, 1.54) is 11.3 Å². The van der Waals surface area contributed by atoms with E-state index in [-0.39, 0.29) is 10.8 Å². The summed E-state index contributed by atoms with van der Waals surface area (Å²) in [4.78, 5) is 29.5. The van der Waals surface area contributed by atoms with Gasteiger partial charge in [-0.3, -0.25) is 4.90 Å². The molecular formula is C30H39N11OS2. The summed E-state index contributed by atoms with van der Waals surface area (Å²) in [5.41, 5.74) is 15.1. The van der Waals surface area contributed by atoms with Gasteiger partial charge in [0.1, 0.15) is 23.5 Å². The number of thioether (sulfide) groups is 1. The number of hydrogen-bond donors (Lipinski definition) is 2. The molecule has 3 saturated heterocycles. The van der Waals surface area contributed by atoms with E-state index >= 15 is 0 Å². The zero-order valence-electron chi connectivity index (χ0n) is 25.4. The first-order valence-corrected chi connectivity index (χ1v) is 17.1. The van der Waals surface area contributed by atoms with Gasteiger partial charge >= 0.3 is 6.01 Å². The highest BCUT2D eigenvalue weighted by Gasteiger charge is 2.53. The first-order valence-electron chi connectivity index (χ1n) is 15.3. The van der Waals surface area contributed by atoms with Crippen LogP contribution < -0.4 is 26.0 Å². The van der Waals surface area contributed by atoms with E-state index in [1.54, 1.807) is 17.5 Å². The molecule has 14 heteroatoms. The minimum atomic E-state index is -0.176. The fourth-order valence-electron chi connectivity index (χ4n) is 7.30. The topological polar surface area (TPSA) is 150 Å². The molecule has 0 unspecified atom stereocenters. The molecule has 3 fully saturated rings. The highest BCUT2D eigenvalue weighted by molar-refractivity contribution is 8.00. The minimum Gasteiger partial charge on any atom is -0.462 e. The monoisotopic (exact) mass is 633 g/mol. The van der Waals surface area contributed by atoms with Crippen molar-refractivity contribution in [3.8, 4) is 12.1 Å². The minimum absolute atomic E-state index is 0.111. The molecule has 7 rings (SSSR count). The van der Waals surface area contributed by atoms with Crippen molar-refractivity contribution in [2.75, 3.05) is 74.2 Å². The van der Waals surface area contributed by atoms with Crippen LogP contribution in [0.3, 0.4) is 0 Å². The normalized spacial score (nSPS) is 23.2. The van der Waals surface area contributed by atoms with Gasteiger partial charge in [-0.05, 0) is 39.8 Å². The number of anilines is 4. The number of nitrogens with two attached hydrogens (primary N) is 2. The third-order valence-corrected chi connectivity index (χ3v) is 12.3. The zero-order valence-corrected chi connectivity index (χ0v) is 27.1. The van der Waals surface area contributed by atoms with Gasteiger partial charge < -0.3 is 30.9 Å². The molecule has 3 atom stereocenters. The second-order valence-electron chi connectivity index (χ2n) is 12.2. The molecule has 3 aromatic heterocycles. The molecule has 7 heterocycles. The summed E-state index contributed by atoms with van der Waals surface area (Å²) < 4.78 is 6.24. The standard InChI is InChI=1S/C30H39N11OS2/c1-4-40(18(2)21-6-5-9-34-25(21)32)28-35-27(39-16-30(17-39)24-22(12-31)26(33)44-23(24)15-43-30)36-29(37-28)42-14-20-8-7-19-13-38(3)10-11-41(19)20/h5-6,9,18-20H,4,7-8,10-11,13-17,33H2,1-3H3,(H2,32,34)/t18-,19+,20+/m1/s1. The maximum absolute atomic E-state index is 9.85. The quantitative estimate of drug-likeness (QED) is 0.374. The number of piperazine rings is 1. The maximum Gasteiger partial charge on any atom is 0.323 e. The highest BCUT2D eigenvalue weighted by atomic mass is 32.2. The molecule has 0 aliphatic carbocycles. The summed E-state index contributed by atoms with van der Waals surface area (Å²) in [5, 5.41) is 10.5. The van der Waals surface area contributed by atoms with E-state index in [0.29, 0.717) is 72.6 Å². The first kappa shape index (κ1) is 29.3. The van der Waals surface area contributed by atoms with E-state index < -0.39 is 0 Å². The molecule has 12 nitrogen and oxygen atoms in total. The Hall–Kier alpha value is -3.38. The predicted octanol–water partition coefficient (Wildman–Crippen LogP) is 3.07. The van der Waals surface area contributed by atoms with Gasteiger partial charge in [0.15, 0.2) is 0 Å². The summed E-state index contributed by atoms with van der Waals surface area (Å²) >= 11 is 3.43. The number of thiophene rings is 1. The SMILES string of the molecule is CCN(c1nc(OC[C@@H]2CC[C@H]3CN(C)CCN23)nc(N2CC3(C2)SCc2sc(N)c(C#N)c23)n1)[C@H](C)c1cccnc1N. The predicted molar refractivity (Wildman–Crippen MR) is 175 cm³/mol. The highest BCUT2D eigenvalue weighted by Crippen LogP contribution is 2.57. The zero-order chi connectivity index (χ0) is 30.6. The van der Waals surface area contributed by atoms with Crippen molar-refractivity contribution in [1.82, 2.24) is 29.7 Å². The van der Waals surface area contributed by atoms with Crippen LogP contribution in [0.15, 0.2) is 18.3 Å². The number of hydrogen-bond acceptors (Lipinski definition) is 14. The van der Waals surface area contributed by atoms with Gasteiger partial charge in [0.05, 0.1) is 16.4 Å². The van der Waals surface area contributed by atoms with Crippen LogP contribution in [-0.2, 0) is 10.5 Å². The van der Waals surface area contributed by atoms with Crippen molar-refractivity contribution in [1.29, 1.82) is 5.26 Å². The van der Waals surface area contributed by atoms with E-state index in [4.69, 9.17) is 31.2 Å². The van der Waals surface area contributed by atoms with E-state index in [9.17, 15) is 5.26 Å². The van der Waals surface area contributed by atoms with Crippen molar-refractivity contribution < 1.29 is 4.74 Å². The molecule has 0 bridgehead atoms. The van der Waals surface area contributed by atoms with E-state index in [0.717, 1.165) is 42.9 Å². The summed E-state index contributed by atoms with van der Waals surface area (Å²) in [5.74, 6) is 2.50. The number of likely N-dealkylation sites (N-methyl/N-ethyl adjacent to an activating group) is 1. The number of nitrogen functional groups attached to an aromatic ring is 2. The smallest absolute Gasteiger partial charge is 0.323 e. The van der Waals surface area contributed by atoms with Crippen LogP contribution in [0.5, 0.6) is 6.01 Å². The summed E-state index contributed by atoms with van der Waals surface area (Å²) in [6, 6.07) is 7.41. The van der Waals surface area contributed by atoms with Gasteiger partial charge in [-0.2, -0.15) is 20.2 Å². The molecule has 4 N–H and O–H groups in total. The van der Waals surface area contributed by atoms with Crippen molar-refractivity contribution in [2.45, 2.75) is 55.3 Å². The van der Waals surface area contributed by atoms with Crippen molar-refractivity contribution in [3.63, 3.8) is 0 Å². The fourth-order valence-corrected chi connectivity index (χ4v) is 10.1. The van der Waals surface area contributed by atoms with Gasteiger partial charge in [-0.1, -0.05) is 6.07 Å². The van der Waals surface area contributed by atoms with E-state index in [2.05, 4.69) is 51.5 Å². The molecule has 0 radical (unpaired) electrons. The number of fused-ring (bicyclic) bond motifs is 3. The molecule has 0 saturated carbocycles. The van der Waals surface area contributed by atoms with Crippen LogP contribution in [-0.4, -0.2) is 94.7 Å². The second-order valence-corrected chi connectivity index (χ2v) is 14.7. The van der Waals surface area contributed by atoms with Crippen LogP contribution >= 0.6 is 23.1 Å². The average molecular weight is 634 g/mol. The third-order valence-electron chi connectivity index (χ3n) is 9.65. The summed E-state index contributed by atoms with van der Waals surface area (Å²) in [7, 11) is 2.20. The molecule has 44 heavy (non-hydrogen) atoms. The van der Waals surface area contributed by atoms with E-state index in [1.807, 2.05) is 23.9 Å². The molecule has 0 aromatic carbocycles. The van der Waals surface area contributed by atoms with Crippen LogP contribution in [0, 0.1) is 11.3 Å². The largest absolute Gasteiger partial charge is 0.462 e. The summed E-state index contributed by atoms with van der Waals surface area (Å²) in [6.07, 6.45) is 4.00. The number of pyridine rings is 1. The van der Waals surface area contributed by atoms with Crippen molar-refractivity contribution >= 4 is 45.8 Å². The van der Waals surface area contributed by atoms with Gasteiger partial charge in [0.2, 0.25) is 11.9 Å². The molecule has 0 amide bonds. The first-order chi connectivity index (χ1) is 21.3. The molecule has 4 aliphatic rings. The Morgan fingerprint density at radius 1 is 1.23 bits per heavy atom. The Kier molecular flexibility index (Phi) is 7.68. The lowest BCUT2D eigenvalue weighted by molar-refractivity contribution is 0.0715. The van der Waals surface area contributed by atoms with Gasteiger partial charge in [0, 0.05) is 79.3 Å². The van der Waals surface area contributed by atoms with Gasteiger partial charge in [-0.25, -0.2) is 4.98 Å². The Bertz CT molecular complexity index is 1590. The van der Waals surface area contributed by atoms with Crippen molar-refractivity contribution in [2.24, 2.45) is 0 Å². The molecule has 3 aromatic rings. The second kappa shape index (κ2) is 11.5. The fraction of sp³-hybridized carbons (Fsp3) is 0.567. The maximum atomic E-state index is 9.85. The van der Waals surface area contributed by atoms with Crippen LogP contribution in [0.1, 0.15) is 54.3 Å². The van der Waals surface area contributed by atoms with Gasteiger partial charge in [0.25, 0.3) is 0 Å². The number of ether oxygens (including phenoxy) is 1. The summed E-state index contributed by atoms with van der Waals surface area (Å²) in [6.45, 7) is 10.0. The molecule has 4 aliphatic heterocycles. The number of rotatable bonds is 8. The third kappa shape index (κ3) is 4.99. The number of aromatic nitrogens is 4. The Balaban J connectivity index is 1.17. The molecule has 1 spiro atoms. The number of nitrogens with zero attached hydrogens (tertiary/aromatic N) is 9. The van der Waals surface area contributed by atoms with Gasteiger partial charge in [-0.15, -0.1) is 23.1 Å². The average Bonchev–Trinajstić information content (AvgIpc) is 3.67. The van der Waals surface area contributed by atoms with Crippen LogP contribution in [0.25, 0.3) is 0 Å². The lowest BCUT2D eigenvalue weighted by atomic mass is 9.88. The lowest BCUT2D eigenvalue weighted by Crippen LogP contribution is -2.57. The molecular weight excluding hydrogens is 595 g/mol. The van der Waals surface area contributed by atoms with Crippen molar-refractivity contribution in [3.05, 3.63) is 39.9 Å². The lowest BCUT2D eigenvalue weighted by Gasteiger charge is -2.47. The van der Waals surface area contributed by atoms with Crippen LogP contribution in [0.2, 0.25) is 0 Å². The Morgan fingerprint density at radius 3 is 2.84 bits per heavy atom. The van der Waals surface area contributed by atoms with Crippen LogP contribution in [0.4, 0.5) is 22.7 Å². The molecule has 232 valence electrons. The Labute approximate surface area is 266 Å². The Morgan fingerprint density at radius 2 is 2.07 bits per heavy atom. The number of nitriles is 1.